The van der Waals surface area contributed by atoms with E-state index in [2.05, 4.69) is 11.8 Å². The number of nitrogens with two attached hydrogens (primary N) is 1. The number of rotatable bonds is 3. The molecule has 1 fully saturated rings. The number of ether oxygens (including phenoxy) is 1. The van der Waals surface area contributed by atoms with Crippen molar-refractivity contribution >= 4 is 11.6 Å². The van der Waals surface area contributed by atoms with E-state index in [9.17, 15) is 0 Å². The van der Waals surface area contributed by atoms with Crippen LogP contribution in [0.3, 0.4) is 0 Å². The molecule has 1 aromatic rings. The Morgan fingerprint density at radius 3 is 3.05 bits per heavy atom. The van der Waals surface area contributed by atoms with Gasteiger partial charge in [0.25, 0.3) is 0 Å². The van der Waals surface area contributed by atoms with Crippen LogP contribution in [0.5, 0.6) is 5.75 Å². The molecule has 2 aliphatic heterocycles. The SMILES string of the molecule is CC1(CN)CCN(Cc2cc(Cl)cc3c2OCC3)C1. The highest BCUT2D eigenvalue weighted by Gasteiger charge is 2.33. The van der Waals surface area contributed by atoms with E-state index in [-0.39, 0.29) is 5.41 Å². The van der Waals surface area contributed by atoms with E-state index in [0.29, 0.717) is 0 Å². The molecule has 0 spiro atoms. The van der Waals surface area contributed by atoms with Crippen LogP contribution in [0.2, 0.25) is 5.02 Å². The highest BCUT2D eigenvalue weighted by Crippen LogP contribution is 2.36. The van der Waals surface area contributed by atoms with Crippen LogP contribution in [-0.2, 0) is 13.0 Å². The third kappa shape index (κ3) is 2.60. The number of hydrogen-bond acceptors (Lipinski definition) is 3. The van der Waals surface area contributed by atoms with Gasteiger partial charge in [0.1, 0.15) is 5.75 Å². The van der Waals surface area contributed by atoms with Gasteiger partial charge in [0.05, 0.1) is 6.61 Å². The van der Waals surface area contributed by atoms with E-state index in [1.165, 1.54) is 17.5 Å². The van der Waals surface area contributed by atoms with E-state index >= 15 is 0 Å². The second kappa shape index (κ2) is 4.97. The highest BCUT2D eigenvalue weighted by molar-refractivity contribution is 6.30. The van der Waals surface area contributed by atoms with Gasteiger partial charge in [-0.05, 0) is 42.6 Å². The van der Waals surface area contributed by atoms with Crippen LogP contribution in [0, 0.1) is 5.41 Å². The smallest absolute Gasteiger partial charge is 0.127 e. The van der Waals surface area contributed by atoms with Crippen molar-refractivity contribution in [2.75, 3.05) is 26.2 Å². The molecule has 2 N–H and O–H groups in total. The summed E-state index contributed by atoms with van der Waals surface area (Å²) in [5, 5.41) is 0.819. The first kappa shape index (κ1) is 13.2. The van der Waals surface area contributed by atoms with Gasteiger partial charge in [-0.2, -0.15) is 0 Å². The average Bonchev–Trinajstić information content (AvgIpc) is 2.97. The number of benzene rings is 1. The first-order chi connectivity index (χ1) is 9.09. The Hall–Kier alpha value is -0.770. The minimum absolute atomic E-state index is 0.266. The summed E-state index contributed by atoms with van der Waals surface area (Å²) in [7, 11) is 0. The summed E-state index contributed by atoms with van der Waals surface area (Å²) in [5.74, 6) is 1.06. The molecular weight excluding hydrogens is 260 g/mol. The molecule has 4 heteroatoms. The molecule has 0 aliphatic carbocycles. The standard InChI is InChI=1S/C15H21ClN2O/c1-15(9-17)3-4-18(10-15)8-12-7-13(16)6-11-2-5-19-14(11)12/h6-7H,2-5,8-10,17H2,1H3. The summed E-state index contributed by atoms with van der Waals surface area (Å²) >= 11 is 6.20. The van der Waals surface area contributed by atoms with Crippen LogP contribution in [-0.4, -0.2) is 31.1 Å². The van der Waals surface area contributed by atoms with Gasteiger partial charge in [0.2, 0.25) is 0 Å². The lowest BCUT2D eigenvalue weighted by Gasteiger charge is -2.23. The van der Waals surface area contributed by atoms with Gasteiger partial charge >= 0.3 is 0 Å². The van der Waals surface area contributed by atoms with Crippen molar-refractivity contribution in [1.29, 1.82) is 0 Å². The fourth-order valence-electron chi connectivity index (χ4n) is 3.13. The van der Waals surface area contributed by atoms with E-state index < -0.39 is 0 Å². The molecule has 2 heterocycles. The molecule has 104 valence electrons. The quantitative estimate of drug-likeness (QED) is 0.924. The van der Waals surface area contributed by atoms with E-state index in [0.717, 1.165) is 50.0 Å². The molecule has 0 saturated carbocycles. The lowest BCUT2D eigenvalue weighted by Crippen LogP contribution is -2.31. The maximum Gasteiger partial charge on any atom is 0.127 e. The van der Waals surface area contributed by atoms with Crippen molar-refractivity contribution in [1.82, 2.24) is 4.90 Å². The van der Waals surface area contributed by atoms with Gasteiger partial charge in [0.15, 0.2) is 0 Å². The van der Waals surface area contributed by atoms with Gasteiger partial charge < -0.3 is 10.5 Å². The maximum absolute atomic E-state index is 6.20. The van der Waals surface area contributed by atoms with Gasteiger partial charge in [-0.15, -0.1) is 0 Å². The number of hydrogen-bond donors (Lipinski definition) is 1. The van der Waals surface area contributed by atoms with Crippen LogP contribution < -0.4 is 10.5 Å². The molecule has 3 nitrogen and oxygen atoms in total. The largest absolute Gasteiger partial charge is 0.493 e. The second-order valence-electron chi connectivity index (χ2n) is 6.13. The Labute approximate surface area is 119 Å². The summed E-state index contributed by atoms with van der Waals surface area (Å²) in [4.78, 5) is 2.46. The summed E-state index contributed by atoms with van der Waals surface area (Å²) in [6.07, 6.45) is 2.15. The number of likely N-dealkylation sites (tertiary alicyclic amines) is 1. The highest BCUT2D eigenvalue weighted by atomic mass is 35.5. The van der Waals surface area contributed by atoms with E-state index in [1.54, 1.807) is 0 Å². The molecule has 3 rings (SSSR count). The number of fused-ring (bicyclic) bond motifs is 1. The van der Waals surface area contributed by atoms with Crippen molar-refractivity contribution in [2.24, 2.45) is 11.1 Å². The van der Waals surface area contributed by atoms with Crippen LogP contribution in [0.4, 0.5) is 0 Å². The van der Waals surface area contributed by atoms with Crippen molar-refractivity contribution in [3.05, 3.63) is 28.3 Å². The van der Waals surface area contributed by atoms with Crippen molar-refractivity contribution in [3.8, 4) is 5.75 Å². The lowest BCUT2D eigenvalue weighted by atomic mass is 9.90. The van der Waals surface area contributed by atoms with Crippen LogP contribution in [0.25, 0.3) is 0 Å². The number of halogens is 1. The zero-order valence-electron chi connectivity index (χ0n) is 11.4. The van der Waals surface area contributed by atoms with Gasteiger partial charge in [-0.3, -0.25) is 4.90 Å². The van der Waals surface area contributed by atoms with Gasteiger partial charge in [0, 0.05) is 30.1 Å². The normalized spacial score (nSPS) is 26.5. The first-order valence-corrected chi connectivity index (χ1v) is 7.34. The molecule has 2 aliphatic rings. The maximum atomic E-state index is 6.20. The summed E-state index contributed by atoms with van der Waals surface area (Å²) < 4.78 is 5.76. The topological polar surface area (TPSA) is 38.5 Å². The van der Waals surface area contributed by atoms with Gasteiger partial charge in [-0.25, -0.2) is 0 Å². The first-order valence-electron chi connectivity index (χ1n) is 6.96. The van der Waals surface area contributed by atoms with Crippen molar-refractivity contribution in [2.45, 2.75) is 26.3 Å². The summed E-state index contributed by atoms with van der Waals surface area (Å²) in [6.45, 7) is 6.89. The fraction of sp³-hybridized carbons (Fsp3) is 0.600. The van der Waals surface area contributed by atoms with E-state index in [1.807, 2.05) is 12.1 Å². The predicted octanol–water partition coefficient (Wildman–Crippen LogP) is 2.45. The molecule has 0 radical (unpaired) electrons. The Morgan fingerprint density at radius 1 is 1.47 bits per heavy atom. The van der Waals surface area contributed by atoms with Crippen LogP contribution in [0.15, 0.2) is 12.1 Å². The lowest BCUT2D eigenvalue weighted by molar-refractivity contribution is 0.269. The molecule has 1 saturated heterocycles. The molecule has 1 unspecified atom stereocenters. The summed E-state index contributed by atoms with van der Waals surface area (Å²) in [6, 6.07) is 4.07. The molecule has 0 aromatic heterocycles. The minimum Gasteiger partial charge on any atom is -0.493 e. The third-order valence-corrected chi connectivity index (χ3v) is 4.57. The minimum atomic E-state index is 0.266. The zero-order valence-corrected chi connectivity index (χ0v) is 12.2. The predicted molar refractivity (Wildman–Crippen MR) is 77.7 cm³/mol. The third-order valence-electron chi connectivity index (χ3n) is 4.35. The van der Waals surface area contributed by atoms with Gasteiger partial charge in [-0.1, -0.05) is 18.5 Å². The second-order valence-corrected chi connectivity index (χ2v) is 6.56. The molecule has 1 aromatic carbocycles. The molecule has 0 amide bonds. The Balaban J connectivity index is 1.78. The molecular formula is C15H21ClN2O. The van der Waals surface area contributed by atoms with Crippen LogP contribution in [0.1, 0.15) is 24.5 Å². The van der Waals surface area contributed by atoms with E-state index in [4.69, 9.17) is 22.1 Å². The van der Waals surface area contributed by atoms with Crippen molar-refractivity contribution < 1.29 is 4.74 Å². The Morgan fingerprint density at radius 2 is 2.32 bits per heavy atom. The molecule has 0 bridgehead atoms. The fourth-order valence-corrected chi connectivity index (χ4v) is 3.40. The average molecular weight is 281 g/mol. The van der Waals surface area contributed by atoms with Crippen LogP contribution >= 0.6 is 11.6 Å². The molecule has 19 heavy (non-hydrogen) atoms. The monoisotopic (exact) mass is 280 g/mol. The van der Waals surface area contributed by atoms with Crippen molar-refractivity contribution in [3.63, 3.8) is 0 Å². The molecule has 1 atom stereocenters. The Kier molecular flexibility index (Phi) is 3.46. The number of nitrogens with zero attached hydrogens (tertiary/aromatic N) is 1. The Bertz CT molecular complexity index is 491. The summed E-state index contributed by atoms with van der Waals surface area (Å²) in [5.41, 5.74) is 8.61. The zero-order chi connectivity index (χ0) is 13.5.